The summed E-state index contributed by atoms with van der Waals surface area (Å²) in [6.45, 7) is 1.80. The number of anilines is 3. The van der Waals surface area contributed by atoms with Gasteiger partial charge in [0.25, 0.3) is 0 Å². The van der Waals surface area contributed by atoms with Crippen LogP contribution in [0.1, 0.15) is 6.92 Å². The molecule has 72 valence electrons. The average molecular weight is 184 g/mol. The summed E-state index contributed by atoms with van der Waals surface area (Å²) in [5.41, 5.74) is 10.7. The molecule has 1 heterocycles. The van der Waals surface area contributed by atoms with Crippen molar-refractivity contribution >= 4 is 17.8 Å². The zero-order chi connectivity index (χ0) is 9.84. The number of hydrogen-bond acceptors (Lipinski definition) is 7. The van der Waals surface area contributed by atoms with Crippen molar-refractivity contribution in [2.24, 2.45) is 0 Å². The smallest absolute Gasteiger partial charge is 0.231 e. The minimum Gasteiger partial charge on any atom is -0.368 e. The molecule has 0 fully saturated rings. The summed E-state index contributed by atoms with van der Waals surface area (Å²) in [6.07, 6.45) is -0.207. The number of nitrogens with two attached hydrogens (primary N) is 2. The first kappa shape index (κ1) is 9.46. The summed E-state index contributed by atoms with van der Waals surface area (Å²) in [7, 11) is 1.56. The molecule has 0 aliphatic rings. The molecule has 1 aromatic heterocycles. The largest absolute Gasteiger partial charge is 0.368 e. The lowest BCUT2D eigenvalue weighted by molar-refractivity contribution is 0.140. The molecule has 5 N–H and O–H groups in total. The number of nitrogens with zero attached hydrogens (tertiary/aromatic N) is 3. The average Bonchev–Trinajstić information content (AvgIpc) is 2.02. The van der Waals surface area contributed by atoms with Gasteiger partial charge in [0, 0.05) is 7.11 Å². The molecular formula is C6H12N6O. The van der Waals surface area contributed by atoms with Crippen molar-refractivity contribution in [2.45, 2.75) is 13.2 Å². The van der Waals surface area contributed by atoms with Crippen LogP contribution in [0.25, 0.3) is 0 Å². The van der Waals surface area contributed by atoms with E-state index >= 15 is 0 Å². The van der Waals surface area contributed by atoms with Gasteiger partial charge in [-0.3, -0.25) is 0 Å². The third-order valence-corrected chi connectivity index (χ3v) is 1.36. The molecule has 7 nitrogen and oxygen atoms in total. The van der Waals surface area contributed by atoms with Gasteiger partial charge in [-0.1, -0.05) is 0 Å². The number of ether oxygens (including phenoxy) is 1. The predicted molar refractivity (Wildman–Crippen MR) is 48.7 cm³/mol. The van der Waals surface area contributed by atoms with E-state index in [4.69, 9.17) is 16.2 Å². The van der Waals surface area contributed by atoms with E-state index < -0.39 is 0 Å². The van der Waals surface area contributed by atoms with Gasteiger partial charge >= 0.3 is 0 Å². The lowest BCUT2D eigenvalue weighted by Gasteiger charge is -2.11. The second kappa shape index (κ2) is 3.85. The van der Waals surface area contributed by atoms with E-state index in [1.54, 1.807) is 14.0 Å². The Morgan fingerprint density at radius 3 is 2.23 bits per heavy atom. The Hall–Kier alpha value is -1.63. The van der Waals surface area contributed by atoms with Crippen molar-refractivity contribution in [3.8, 4) is 0 Å². The van der Waals surface area contributed by atoms with Gasteiger partial charge < -0.3 is 21.5 Å². The molecule has 13 heavy (non-hydrogen) atoms. The Morgan fingerprint density at radius 1 is 1.23 bits per heavy atom. The zero-order valence-corrected chi connectivity index (χ0v) is 7.48. The quantitative estimate of drug-likeness (QED) is 0.540. The molecule has 0 spiro atoms. The SMILES string of the molecule is COC(C)Nc1nc(N)nc(N)n1. The molecule has 1 rings (SSSR count). The fourth-order valence-electron chi connectivity index (χ4n) is 0.715. The number of nitrogens with one attached hydrogen (secondary N) is 1. The Balaban J connectivity index is 2.77. The van der Waals surface area contributed by atoms with E-state index in [1.807, 2.05) is 0 Å². The highest BCUT2D eigenvalue weighted by Crippen LogP contribution is 2.04. The van der Waals surface area contributed by atoms with Gasteiger partial charge in [0.05, 0.1) is 0 Å². The van der Waals surface area contributed by atoms with Crippen LogP contribution >= 0.6 is 0 Å². The second-order valence-electron chi connectivity index (χ2n) is 2.40. The number of hydrogen-bond donors (Lipinski definition) is 3. The van der Waals surface area contributed by atoms with Gasteiger partial charge in [0.2, 0.25) is 17.8 Å². The first-order chi connectivity index (χ1) is 6.11. The van der Waals surface area contributed by atoms with Gasteiger partial charge in [-0.25, -0.2) is 0 Å². The Morgan fingerprint density at radius 2 is 1.77 bits per heavy atom. The van der Waals surface area contributed by atoms with Crippen molar-refractivity contribution in [3.63, 3.8) is 0 Å². The number of methoxy groups -OCH3 is 1. The van der Waals surface area contributed by atoms with Crippen LogP contribution < -0.4 is 16.8 Å². The monoisotopic (exact) mass is 184 g/mol. The van der Waals surface area contributed by atoms with Crippen LogP contribution in [0.5, 0.6) is 0 Å². The van der Waals surface area contributed by atoms with E-state index in [2.05, 4.69) is 20.3 Å². The maximum absolute atomic E-state index is 5.35. The van der Waals surface area contributed by atoms with Crippen LogP contribution in [0.4, 0.5) is 17.8 Å². The second-order valence-corrected chi connectivity index (χ2v) is 2.40. The molecule has 1 aromatic rings. The third kappa shape index (κ3) is 2.71. The summed E-state index contributed by atoms with van der Waals surface area (Å²) in [5, 5.41) is 2.83. The zero-order valence-electron chi connectivity index (χ0n) is 7.48. The van der Waals surface area contributed by atoms with Crippen LogP contribution in [0.15, 0.2) is 0 Å². The molecule has 1 unspecified atom stereocenters. The molecule has 1 atom stereocenters. The lowest BCUT2D eigenvalue weighted by atomic mass is 10.6. The summed E-state index contributed by atoms with van der Waals surface area (Å²) in [6, 6.07) is 0. The molecule has 0 radical (unpaired) electrons. The standard InChI is InChI=1S/C6H12N6O/c1-3(13-2)9-6-11-4(7)10-5(8)12-6/h3H,1-2H3,(H5,7,8,9,10,11,12). The Bertz CT molecular complexity index is 270. The van der Waals surface area contributed by atoms with E-state index in [0.717, 1.165) is 0 Å². The van der Waals surface area contributed by atoms with Gasteiger partial charge in [-0.05, 0) is 6.92 Å². The first-order valence-corrected chi connectivity index (χ1v) is 3.68. The lowest BCUT2D eigenvalue weighted by Crippen LogP contribution is -2.20. The third-order valence-electron chi connectivity index (χ3n) is 1.36. The number of rotatable bonds is 3. The maximum atomic E-state index is 5.35. The van der Waals surface area contributed by atoms with Crippen LogP contribution in [0, 0.1) is 0 Å². The highest BCUT2D eigenvalue weighted by Gasteiger charge is 2.04. The fourth-order valence-corrected chi connectivity index (χ4v) is 0.715. The number of aromatic nitrogens is 3. The summed E-state index contributed by atoms with van der Waals surface area (Å²) < 4.78 is 4.94. The molecule has 0 aromatic carbocycles. The van der Waals surface area contributed by atoms with Gasteiger partial charge in [0.1, 0.15) is 6.23 Å². The fraction of sp³-hybridized carbons (Fsp3) is 0.500. The van der Waals surface area contributed by atoms with Gasteiger partial charge in [-0.15, -0.1) is 0 Å². The minimum absolute atomic E-state index is 0.0818. The Kier molecular flexibility index (Phi) is 2.80. The molecular weight excluding hydrogens is 172 g/mol. The van der Waals surface area contributed by atoms with Crippen molar-refractivity contribution in [2.75, 3.05) is 23.9 Å². The van der Waals surface area contributed by atoms with Crippen LogP contribution in [-0.4, -0.2) is 28.3 Å². The van der Waals surface area contributed by atoms with E-state index in [9.17, 15) is 0 Å². The maximum Gasteiger partial charge on any atom is 0.231 e. The molecule has 0 aliphatic heterocycles. The molecule has 0 saturated carbocycles. The van der Waals surface area contributed by atoms with Crippen molar-refractivity contribution in [1.82, 2.24) is 15.0 Å². The highest BCUT2D eigenvalue weighted by atomic mass is 16.5. The van der Waals surface area contributed by atoms with Gasteiger partial charge in [0.15, 0.2) is 0 Å². The minimum atomic E-state index is -0.207. The topological polar surface area (TPSA) is 112 Å². The van der Waals surface area contributed by atoms with E-state index in [0.29, 0.717) is 5.95 Å². The molecule has 0 aliphatic carbocycles. The first-order valence-electron chi connectivity index (χ1n) is 3.68. The van der Waals surface area contributed by atoms with Crippen molar-refractivity contribution < 1.29 is 4.74 Å². The summed E-state index contributed by atoms with van der Waals surface area (Å²) >= 11 is 0. The van der Waals surface area contributed by atoms with Gasteiger partial charge in [-0.2, -0.15) is 15.0 Å². The molecule has 0 bridgehead atoms. The highest BCUT2D eigenvalue weighted by molar-refractivity contribution is 5.37. The summed E-state index contributed by atoms with van der Waals surface area (Å²) in [5.74, 6) is 0.468. The van der Waals surface area contributed by atoms with Crippen molar-refractivity contribution in [3.05, 3.63) is 0 Å². The normalized spacial score (nSPS) is 12.5. The van der Waals surface area contributed by atoms with Crippen LogP contribution in [0.2, 0.25) is 0 Å². The van der Waals surface area contributed by atoms with Crippen molar-refractivity contribution in [1.29, 1.82) is 0 Å². The Labute approximate surface area is 75.5 Å². The predicted octanol–water partition coefficient (Wildman–Crippen LogP) is -0.560. The number of nitrogen functional groups attached to an aromatic ring is 2. The molecule has 0 amide bonds. The van der Waals surface area contributed by atoms with Crippen LogP contribution in [-0.2, 0) is 4.74 Å². The summed E-state index contributed by atoms with van der Waals surface area (Å²) in [4.78, 5) is 11.2. The van der Waals surface area contributed by atoms with Crippen LogP contribution in [0.3, 0.4) is 0 Å². The van der Waals surface area contributed by atoms with E-state index in [1.165, 1.54) is 0 Å². The van der Waals surface area contributed by atoms with E-state index in [-0.39, 0.29) is 18.1 Å². The molecule has 7 heteroatoms. The molecule has 0 saturated heterocycles.